The standard InChI is InChI=1S/C11H12N6/c1-17-7-4-10(16-17)3-5-13-11-9(8-12)2-6-14-15-11/h2,4,6-7H,3,5H2,1H3,(H,13,15). The van der Waals surface area contributed by atoms with Gasteiger partial charge in [-0.3, -0.25) is 4.68 Å². The Hall–Kier alpha value is -2.42. The second kappa shape index (κ2) is 5.07. The second-order valence-electron chi connectivity index (χ2n) is 3.56. The first-order valence-electron chi connectivity index (χ1n) is 5.24. The van der Waals surface area contributed by atoms with Gasteiger partial charge in [-0.25, -0.2) is 0 Å². The summed E-state index contributed by atoms with van der Waals surface area (Å²) in [6.07, 6.45) is 4.18. The monoisotopic (exact) mass is 228 g/mol. The summed E-state index contributed by atoms with van der Waals surface area (Å²) in [5.74, 6) is 0.519. The second-order valence-corrected chi connectivity index (χ2v) is 3.56. The Morgan fingerprint density at radius 3 is 3.06 bits per heavy atom. The van der Waals surface area contributed by atoms with E-state index in [2.05, 4.69) is 26.7 Å². The molecule has 0 amide bonds. The average Bonchev–Trinajstić information content (AvgIpc) is 2.76. The molecular weight excluding hydrogens is 216 g/mol. The molecular formula is C11H12N6. The van der Waals surface area contributed by atoms with Crippen LogP contribution in [0.4, 0.5) is 5.82 Å². The lowest BCUT2D eigenvalue weighted by atomic mass is 10.3. The third-order valence-electron chi connectivity index (χ3n) is 2.28. The lowest BCUT2D eigenvalue weighted by Gasteiger charge is -2.04. The maximum atomic E-state index is 8.86. The Bertz CT molecular complexity index is 539. The van der Waals surface area contributed by atoms with Crippen LogP contribution in [-0.4, -0.2) is 26.5 Å². The Kier molecular flexibility index (Phi) is 3.31. The minimum atomic E-state index is 0.501. The minimum Gasteiger partial charge on any atom is -0.367 e. The molecule has 2 rings (SSSR count). The maximum Gasteiger partial charge on any atom is 0.166 e. The van der Waals surface area contributed by atoms with Crippen LogP contribution < -0.4 is 5.32 Å². The first-order chi connectivity index (χ1) is 8.29. The van der Waals surface area contributed by atoms with Gasteiger partial charge in [0.2, 0.25) is 0 Å². The Balaban J connectivity index is 1.92. The summed E-state index contributed by atoms with van der Waals surface area (Å²) in [5, 5.41) is 23.8. The number of hydrogen-bond donors (Lipinski definition) is 1. The highest BCUT2D eigenvalue weighted by Gasteiger charge is 2.03. The fourth-order valence-corrected chi connectivity index (χ4v) is 1.46. The van der Waals surface area contributed by atoms with Crippen LogP contribution in [0.1, 0.15) is 11.3 Å². The van der Waals surface area contributed by atoms with Gasteiger partial charge in [-0.1, -0.05) is 0 Å². The normalized spacial score (nSPS) is 9.88. The number of nitriles is 1. The molecule has 1 N–H and O–H groups in total. The van der Waals surface area contributed by atoms with Crippen molar-refractivity contribution in [2.75, 3.05) is 11.9 Å². The quantitative estimate of drug-likeness (QED) is 0.834. The Labute approximate surface area is 98.9 Å². The van der Waals surface area contributed by atoms with Crippen molar-refractivity contribution in [1.29, 1.82) is 5.26 Å². The van der Waals surface area contributed by atoms with Gasteiger partial charge in [-0.15, -0.1) is 5.10 Å². The van der Waals surface area contributed by atoms with Gasteiger partial charge in [0.15, 0.2) is 5.82 Å². The fraction of sp³-hybridized carbons (Fsp3) is 0.273. The topological polar surface area (TPSA) is 79.4 Å². The van der Waals surface area contributed by atoms with Gasteiger partial charge in [0, 0.05) is 26.2 Å². The van der Waals surface area contributed by atoms with Crippen LogP contribution in [0.25, 0.3) is 0 Å². The number of hydrogen-bond acceptors (Lipinski definition) is 5. The van der Waals surface area contributed by atoms with Crippen molar-refractivity contribution in [2.45, 2.75) is 6.42 Å². The van der Waals surface area contributed by atoms with Crippen LogP contribution in [0.2, 0.25) is 0 Å². The van der Waals surface area contributed by atoms with Gasteiger partial charge in [0.1, 0.15) is 6.07 Å². The van der Waals surface area contributed by atoms with E-state index >= 15 is 0 Å². The first kappa shape index (κ1) is 11.1. The van der Waals surface area contributed by atoms with Gasteiger partial charge < -0.3 is 5.32 Å². The van der Waals surface area contributed by atoms with Gasteiger partial charge in [-0.05, 0) is 12.1 Å². The molecule has 2 aromatic rings. The van der Waals surface area contributed by atoms with E-state index in [1.54, 1.807) is 10.7 Å². The Morgan fingerprint density at radius 1 is 1.47 bits per heavy atom. The van der Waals surface area contributed by atoms with Gasteiger partial charge in [-0.2, -0.15) is 15.5 Å². The summed E-state index contributed by atoms with van der Waals surface area (Å²) < 4.78 is 1.76. The molecule has 0 bridgehead atoms. The largest absolute Gasteiger partial charge is 0.367 e. The third kappa shape index (κ3) is 2.78. The van der Waals surface area contributed by atoms with Crippen molar-refractivity contribution in [2.24, 2.45) is 7.05 Å². The van der Waals surface area contributed by atoms with Crippen molar-refractivity contribution >= 4 is 5.82 Å². The van der Waals surface area contributed by atoms with Gasteiger partial charge in [0.25, 0.3) is 0 Å². The SMILES string of the molecule is Cn1ccc(CCNc2nnccc2C#N)n1. The molecule has 0 atom stereocenters. The lowest BCUT2D eigenvalue weighted by molar-refractivity contribution is 0.741. The summed E-state index contributed by atoms with van der Waals surface area (Å²) in [6, 6.07) is 5.66. The van der Waals surface area contributed by atoms with Crippen LogP contribution in [0.5, 0.6) is 0 Å². The molecule has 0 fully saturated rings. The molecule has 17 heavy (non-hydrogen) atoms. The molecule has 2 heterocycles. The zero-order valence-corrected chi connectivity index (χ0v) is 9.46. The van der Waals surface area contributed by atoms with Crippen LogP contribution in [0, 0.1) is 11.3 Å². The number of nitrogens with one attached hydrogen (secondary N) is 1. The number of aromatic nitrogens is 4. The third-order valence-corrected chi connectivity index (χ3v) is 2.28. The van der Waals surface area contributed by atoms with E-state index in [0.29, 0.717) is 17.9 Å². The number of rotatable bonds is 4. The van der Waals surface area contributed by atoms with Gasteiger partial charge >= 0.3 is 0 Å². The molecule has 0 aliphatic heterocycles. The molecule has 0 radical (unpaired) electrons. The van der Waals surface area contributed by atoms with E-state index in [1.807, 2.05) is 19.3 Å². The fourth-order valence-electron chi connectivity index (χ4n) is 1.46. The minimum absolute atomic E-state index is 0.501. The van der Waals surface area contributed by atoms with Crippen LogP contribution in [0.15, 0.2) is 24.5 Å². The lowest BCUT2D eigenvalue weighted by Crippen LogP contribution is -2.09. The Morgan fingerprint density at radius 2 is 2.35 bits per heavy atom. The summed E-state index contributed by atoms with van der Waals surface area (Å²) in [4.78, 5) is 0. The molecule has 0 aliphatic rings. The predicted molar refractivity (Wildman–Crippen MR) is 62.1 cm³/mol. The first-order valence-corrected chi connectivity index (χ1v) is 5.24. The van der Waals surface area contributed by atoms with Crippen molar-refractivity contribution in [1.82, 2.24) is 20.0 Å². The van der Waals surface area contributed by atoms with Crippen molar-refractivity contribution in [3.05, 3.63) is 35.8 Å². The van der Waals surface area contributed by atoms with E-state index in [9.17, 15) is 0 Å². The number of anilines is 1. The molecule has 0 spiro atoms. The molecule has 0 saturated carbocycles. The van der Waals surface area contributed by atoms with E-state index < -0.39 is 0 Å². The maximum absolute atomic E-state index is 8.86. The molecule has 0 aliphatic carbocycles. The van der Waals surface area contributed by atoms with E-state index in [1.165, 1.54) is 6.20 Å². The van der Waals surface area contributed by atoms with Crippen molar-refractivity contribution < 1.29 is 0 Å². The molecule has 0 unspecified atom stereocenters. The molecule has 0 saturated heterocycles. The summed E-state index contributed by atoms with van der Waals surface area (Å²) in [7, 11) is 1.88. The number of aryl methyl sites for hydroxylation is 1. The van der Waals surface area contributed by atoms with Crippen LogP contribution >= 0.6 is 0 Å². The highest BCUT2D eigenvalue weighted by molar-refractivity contribution is 5.50. The molecule has 6 heteroatoms. The molecule has 6 nitrogen and oxygen atoms in total. The molecule has 0 aromatic carbocycles. The molecule has 2 aromatic heterocycles. The molecule has 86 valence electrons. The average molecular weight is 228 g/mol. The smallest absolute Gasteiger partial charge is 0.166 e. The zero-order chi connectivity index (χ0) is 12.1. The van der Waals surface area contributed by atoms with Crippen LogP contribution in [-0.2, 0) is 13.5 Å². The van der Waals surface area contributed by atoms with Gasteiger partial charge in [0.05, 0.1) is 17.5 Å². The highest BCUT2D eigenvalue weighted by atomic mass is 15.2. The van der Waals surface area contributed by atoms with Crippen molar-refractivity contribution in [3.8, 4) is 6.07 Å². The van der Waals surface area contributed by atoms with E-state index in [0.717, 1.165) is 12.1 Å². The highest BCUT2D eigenvalue weighted by Crippen LogP contribution is 2.08. The zero-order valence-electron chi connectivity index (χ0n) is 9.46. The number of nitrogens with zero attached hydrogens (tertiary/aromatic N) is 5. The van der Waals surface area contributed by atoms with E-state index in [4.69, 9.17) is 5.26 Å². The summed E-state index contributed by atoms with van der Waals surface area (Å²) in [5.41, 5.74) is 1.50. The predicted octanol–water partition coefficient (Wildman–Crippen LogP) is 0.736. The van der Waals surface area contributed by atoms with Crippen LogP contribution in [0.3, 0.4) is 0 Å². The van der Waals surface area contributed by atoms with Crippen molar-refractivity contribution in [3.63, 3.8) is 0 Å². The van der Waals surface area contributed by atoms with E-state index in [-0.39, 0.29) is 0 Å². The summed E-state index contributed by atoms with van der Waals surface area (Å²) >= 11 is 0. The summed E-state index contributed by atoms with van der Waals surface area (Å²) in [6.45, 7) is 0.671.